The number of hydrogen-bond acceptors (Lipinski definition) is 3. The van der Waals surface area contributed by atoms with Crippen molar-refractivity contribution in [1.82, 2.24) is 9.88 Å². The van der Waals surface area contributed by atoms with E-state index in [0.717, 1.165) is 11.4 Å². The molecule has 108 valence electrons. The normalized spacial score (nSPS) is 11.9. The fourth-order valence-corrected chi connectivity index (χ4v) is 1.89. The number of nitrogens with zero attached hydrogens (tertiary/aromatic N) is 3. The van der Waals surface area contributed by atoms with Crippen molar-refractivity contribution in [2.45, 2.75) is 6.92 Å². The highest BCUT2D eigenvalue weighted by Crippen LogP contribution is 2.08. The van der Waals surface area contributed by atoms with Crippen molar-refractivity contribution in [3.05, 3.63) is 65.9 Å². The Morgan fingerprint density at radius 1 is 1.24 bits per heavy atom. The van der Waals surface area contributed by atoms with Gasteiger partial charge in [-0.2, -0.15) is 4.57 Å². The van der Waals surface area contributed by atoms with E-state index in [0.29, 0.717) is 5.56 Å². The predicted molar refractivity (Wildman–Crippen MR) is 82.5 cm³/mol. The van der Waals surface area contributed by atoms with Gasteiger partial charge in [0.2, 0.25) is 5.69 Å². The van der Waals surface area contributed by atoms with Gasteiger partial charge in [0.05, 0.1) is 6.20 Å². The lowest BCUT2D eigenvalue weighted by molar-refractivity contribution is -0.573. The first-order chi connectivity index (χ1) is 10.1. The zero-order chi connectivity index (χ0) is 15.2. The van der Waals surface area contributed by atoms with Crippen molar-refractivity contribution in [1.29, 1.82) is 0 Å². The van der Waals surface area contributed by atoms with Gasteiger partial charge in [0.1, 0.15) is 5.69 Å². The highest BCUT2D eigenvalue weighted by Gasteiger charge is 2.09. The van der Waals surface area contributed by atoms with E-state index < -0.39 is 0 Å². The smallest absolute Gasteiger partial charge is 0.233 e. The molecule has 0 fully saturated rings. The molecule has 0 aliphatic carbocycles. The van der Waals surface area contributed by atoms with Gasteiger partial charge in [-0.05, 0) is 18.2 Å². The van der Waals surface area contributed by atoms with Crippen molar-refractivity contribution in [3.8, 4) is 0 Å². The minimum absolute atomic E-state index is 0.0364. The Bertz CT molecular complexity index is 661. The molecule has 1 heterocycles. The third-order valence-electron chi connectivity index (χ3n) is 2.99. The quantitative estimate of drug-likeness (QED) is 0.630. The molecular formula is C17H19N3O. The van der Waals surface area contributed by atoms with E-state index in [4.69, 9.17) is 0 Å². The SMILES string of the molecule is Cc1ncc[n+](/C=C(\[O-])c2ccccc2)c1/C=C/N(C)C. The van der Waals surface area contributed by atoms with Crippen LogP contribution in [-0.4, -0.2) is 24.0 Å². The van der Waals surface area contributed by atoms with E-state index in [1.54, 1.807) is 23.2 Å². The number of hydrogen-bond donors (Lipinski definition) is 0. The number of aromatic nitrogens is 2. The summed E-state index contributed by atoms with van der Waals surface area (Å²) >= 11 is 0. The molecule has 0 bridgehead atoms. The zero-order valence-corrected chi connectivity index (χ0v) is 12.5. The van der Waals surface area contributed by atoms with Crippen LogP contribution in [0.4, 0.5) is 0 Å². The Labute approximate surface area is 125 Å². The zero-order valence-electron chi connectivity index (χ0n) is 12.5. The van der Waals surface area contributed by atoms with Crippen LogP contribution in [0, 0.1) is 6.92 Å². The summed E-state index contributed by atoms with van der Waals surface area (Å²) in [5.41, 5.74) is 2.42. The molecule has 0 spiro atoms. The van der Waals surface area contributed by atoms with Crippen LogP contribution in [0.5, 0.6) is 0 Å². The standard InChI is InChI=1S/C17H19N3O/c1-14-16(9-11-19(2)3)20(12-10-18-14)13-17(21)15-7-5-4-6-8-15/h4-13H,1-3H3. The molecule has 0 atom stereocenters. The lowest BCUT2D eigenvalue weighted by Gasteiger charge is -2.09. The summed E-state index contributed by atoms with van der Waals surface area (Å²) in [5.74, 6) is -0.0364. The summed E-state index contributed by atoms with van der Waals surface area (Å²) in [6.45, 7) is 1.92. The van der Waals surface area contributed by atoms with Crippen LogP contribution in [0.3, 0.4) is 0 Å². The van der Waals surface area contributed by atoms with Crippen molar-refractivity contribution in [2.24, 2.45) is 0 Å². The van der Waals surface area contributed by atoms with Crippen LogP contribution in [-0.2, 0) is 0 Å². The van der Waals surface area contributed by atoms with Gasteiger partial charge in [0.25, 0.3) is 0 Å². The number of rotatable bonds is 4. The van der Waals surface area contributed by atoms with E-state index in [-0.39, 0.29) is 5.76 Å². The monoisotopic (exact) mass is 281 g/mol. The van der Waals surface area contributed by atoms with E-state index in [9.17, 15) is 5.11 Å². The maximum absolute atomic E-state index is 12.3. The molecule has 0 saturated carbocycles. The maximum Gasteiger partial charge on any atom is 0.233 e. The van der Waals surface area contributed by atoms with Crippen LogP contribution < -0.4 is 9.67 Å². The minimum Gasteiger partial charge on any atom is -0.868 e. The largest absolute Gasteiger partial charge is 0.868 e. The molecule has 1 aromatic heterocycles. The highest BCUT2D eigenvalue weighted by molar-refractivity contribution is 5.64. The number of aryl methyl sites for hydroxylation is 1. The van der Waals surface area contributed by atoms with Crippen molar-refractivity contribution >= 4 is 18.0 Å². The molecule has 2 aromatic rings. The Morgan fingerprint density at radius 3 is 2.62 bits per heavy atom. The van der Waals surface area contributed by atoms with Gasteiger partial charge in [0, 0.05) is 26.4 Å². The van der Waals surface area contributed by atoms with E-state index in [1.165, 1.54) is 0 Å². The Hall–Kier alpha value is -2.62. The second-order valence-corrected chi connectivity index (χ2v) is 4.94. The molecule has 0 aliphatic rings. The first-order valence-corrected chi connectivity index (χ1v) is 6.73. The predicted octanol–water partition coefficient (Wildman–Crippen LogP) is 1.53. The van der Waals surface area contributed by atoms with Crippen LogP contribution in [0.25, 0.3) is 18.0 Å². The molecule has 2 rings (SSSR count). The summed E-state index contributed by atoms with van der Waals surface area (Å²) in [6, 6.07) is 9.23. The lowest BCUT2D eigenvalue weighted by atomic mass is 10.2. The van der Waals surface area contributed by atoms with E-state index >= 15 is 0 Å². The van der Waals surface area contributed by atoms with Gasteiger partial charge in [-0.1, -0.05) is 30.3 Å². The van der Waals surface area contributed by atoms with Crippen LogP contribution in [0.1, 0.15) is 17.0 Å². The molecule has 4 heteroatoms. The average molecular weight is 281 g/mol. The summed E-state index contributed by atoms with van der Waals surface area (Å²) in [4.78, 5) is 6.22. The number of benzene rings is 1. The topological polar surface area (TPSA) is 43.1 Å². The Balaban J connectivity index is 2.42. The first kappa shape index (κ1) is 14.8. The molecule has 1 aromatic carbocycles. The van der Waals surface area contributed by atoms with Gasteiger partial charge >= 0.3 is 0 Å². The van der Waals surface area contributed by atoms with Crippen LogP contribution in [0.2, 0.25) is 0 Å². The Morgan fingerprint density at radius 2 is 1.95 bits per heavy atom. The molecule has 0 radical (unpaired) electrons. The summed E-state index contributed by atoms with van der Waals surface area (Å²) < 4.78 is 1.80. The molecule has 0 amide bonds. The highest BCUT2D eigenvalue weighted by atomic mass is 16.3. The second-order valence-electron chi connectivity index (χ2n) is 4.94. The third-order valence-corrected chi connectivity index (χ3v) is 2.99. The molecule has 0 N–H and O–H groups in total. The van der Waals surface area contributed by atoms with Gasteiger partial charge < -0.3 is 10.0 Å². The van der Waals surface area contributed by atoms with Crippen LogP contribution in [0.15, 0.2) is 48.9 Å². The molecule has 0 saturated heterocycles. The van der Waals surface area contributed by atoms with Crippen molar-refractivity contribution in [2.75, 3.05) is 14.1 Å². The fraction of sp³-hybridized carbons (Fsp3) is 0.176. The van der Waals surface area contributed by atoms with Gasteiger partial charge in [-0.15, -0.1) is 0 Å². The van der Waals surface area contributed by atoms with Gasteiger partial charge in [-0.25, -0.2) is 4.98 Å². The second kappa shape index (κ2) is 6.70. The maximum atomic E-state index is 12.3. The van der Waals surface area contributed by atoms with Gasteiger partial charge in [-0.3, -0.25) is 0 Å². The van der Waals surface area contributed by atoms with Crippen LogP contribution >= 0.6 is 0 Å². The molecule has 4 nitrogen and oxygen atoms in total. The van der Waals surface area contributed by atoms with E-state index in [1.807, 2.05) is 68.5 Å². The first-order valence-electron chi connectivity index (χ1n) is 6.73. The van der Waals surface area contributed by atoms with Gasteiger partial charge in [0.15, 0.2) is 12.4 Å². The minimum atomic E-state index is -0.0364. The third kappa shape index (κ3) is 3.92. The lowest BCUT2D eigenvalue weighted by Crippen LogP contribution is -2.32. The fourth-order valence-electron chi connectivity index (χ4n) is 1.89. The molecular weight excluding hydrogens is 262 g/mol. The Kier molecular flexibility index (Phi) is 4.72. The molecule has 21 heavy (non-hydrogen) atoms. The molecule has 0 unspecified atom stereocenters. The summed E-state index contributed by atoms with van der Waals surface area (Å²) in [6.07, 6.45) is 8.93. The molecule has 0 aliphatic heterocycles. The van der Waals surface area contributed by atoms with E-state index in [2.05, 4.69) is 4.98 Å². The summed E-state index contributed by atoms with van der Waals surface area (Å²) in [7, 11) is 3.90. The average Bonchev–Trinajstić information content (AvgIpc) is 2.47. The van der Waals surface area contributed by atoms with Crippen molar-refractivity contribution in [3.63, 3.8) is 0 Å². The van der Waals surface area contributed by atoms with Crippen molar-refractivity contribution < 1.29 is 9.67 Å². The summed E-state index contributed by atoms with van der Waals surface area (Å²) in [5, 5.41) is 12.3.